The summed E-state index contributed by atoms with van der Waals surface area (Å²) in [6.07, 6.45) is 0. The zero-order valence-corrected chi connectivity index (χ0v) is 8.66. The Morgan fingerprint density at radius 3 is 2.15 bits per heavy atom. The van der Waals surface area contributed by atoms with Crippen molar-refractivity contribution < 1.29 is 9.52 Å². The third-order valence-corrected chi connectivity index (χ3v) is 1.93. The second-order valence-electron chi connectivity index (χ2n) is 3.82. The molecule has 0 bridgehead atoms. The molecule has 0 saturated carbocycles. The van der Waals surface area contributed by atoms with E-state index in [2.05, 4.69) is 32.7 Å². The Kier molecular flexibility index (Phi) is 3.09. The van der Waals surface area contributed by atoms with Crippen molar-refractivity contribution in [1.29, 1.82) is 0 Å². The van der Waals surface area contributed by atoms with E-state index in [0.29, 0.717) is 17.7 Å². The molecular formula is C10H17NO2. The number of aliphatic hydroxyl groups excluding tert-OH is 1. The normalized spacial score (nSPS) is 11.6. The maximum absolute atomic E-state index is 8.88. The van der Waals surface area contributed by atoms with Gasteiger partial charge in [0, 0.05) is 5.92 Å². The van der Waals surface area contributed by atoms with Crippen LogP contribution in [0.4, 0.5) is 0 Å². The minimum atomic E-state index is -0.119. The Hall–Kier alpha value is -0.830. The largest absolute Gasteiger partial charge is 0.443 e. The molecule has 0 aliphatic carbocycles. The van der Waals surface area contributed by atoms with Crippen molar-refractivity contribution in [2.24, 2.45) is 0 Å². The maximum Gasteiger partial charge on any atom is 0.220 e. The number of aromatic nitrogens is 1. The fourth-order valence-corrected chi connectivity index (χ4v) is 1.29. The van der Waals surface area contributed by atoms with E-state index >= 15 is 0 Å². The highest BCUT2D eigenvalue weighted by molar-refractivity contribution is 5.16. The van der Waals surface area contributed by atoms with Crippen LogP contribution >= 0.6 is 0 Å². The molecule has 0 saturated heterocycles. The predicted octanol–water partition coefficient (Wildman–Crippen LogP) is 2.41. The summed E-state index contributed by atoms with van der Waals surface area (Å²) < 4.78 is 5.43. The van der Waals surface area contributed by atoms with Gasteiger partial charge in [-0.3, -0.25) is 0 Å². The van der Waals surface area contributed by atoms with Crippen molar-refractivity contribution in [2.45, 2.75) is 46.1 Å². The molecule has 1 rings (SSSR count). The summed E-state index contributed by atoms with van der Waals surface area (Å²) in [6, 6.07) is 0. The quantitative estimate of drug-likeness (QED) is 0.782. The number of nitrogens with zero attached hydrogens (tertiary/aromatic N) is 1. The summed E-state index contributed by atoms with van der Waals surface area (Å²) in [5.74, 6) is 2.00. The van der Waals surface area contributed by atoms with Gasteiger partial charge in [0.25, 0.3) is 0 Å². The number of aliphatic hydroxyl groups is 1. The second kappa shape index (κ2) is 3.92. The summed E-state index contributed by atoms with van der Waals surface area (Å²) in [5, 5.41) is 8.88. The molecule has 74 valence electrons. The molecule has 1 aromatic rings. The van der Waals surface area contributed by atoms with Crippen molar-refractivity contribution >= 4 is 0 Å². The van der Waals surface area contributed by atoms with Crippen LogP contribution in [0, 0.1) is 0 Å². The van der Waals surface area contributed by atoms with Gasteiger partial charge in [-0.2, -0.15) is 0 Å². The molecule has 0 aliphatic rings. The number of oxazole rings is 1. The number of rotatable bonds is 3. The van der Waals surface area contributed by atoms with E-state index in [1.165, 1.54) is 0 Å². The van der Waals surface area contributed by atoms with Gasteiger partial charge in [0.2, 0.25) is 5.89 Å². The molecule has 0 radical (unpaired) electrons. The van der Waals surface area contributed by atoms with Crippen LogP contribution in [0.25, 0.3) is 0 Å². The Morgan fingerprint density at radius 1 is 1.23 bits per heavy atom. The van der Waals surface area contributed by atoms with E-state index in [1.54, 1.807) is 0 Å². The van der Waals surface area contributed by atoms with Gasteiger partial charge in [-0.1, -0.05) is 27.7 Å². The third-order valence-electron chi connectivity index (χ3n) is 1.93. The molecule has 0 aromatic carbocycles. The summed E-state index contributed by atoms with van der Waals surface area (Å²) in [5.41, 5.74) is 0.971. The van der Waals surface area contributed by atoms with Crippen LogP contribution in [0.15, 0.2) is 4.42 Å². The molecule has 0 atom stereocenters. The van der Waals surface area contributed by atoms with Crippen LogP contribution in [-0.2, 0) is 6.61 Å². The van der Waals surface area contributed by atoms with Crippen LogP contribution in [0.2, 0.25) is 0 Å². The molecule has 0 amide bonds. The fourth-order valence-electron chi connectivity index (χ4n) is 1.29. The lowest BCUT2D eigenvalue weighted by Gasteiger charge is -2.05. The first-order chi connectivity index (χ1) is 6.06. The zero-order valence-electron chi connectivity index (χ0n) is 8.66. The zero-order chi connectivity index (χ0) is 10.0. The van der Waals surface area contributed by atoms with Crippen molar-refractivity contribution in [3.63, 3.8) is 0 Å². The minimum Gasteiger partial charge on any atom is -0.443 e. The van der Waals surface area contributed by atoms with Crippen molar-refractivity contribution in [2.75, 3.05) is 0 Å². The first kappa shape index (κ1) is 10.3. The predicted molar refractivity (Wildman–Crippen MR) is 50.6 cm³/mol. The molecule has 0 unspecified atom stereocenters. The second-order valence-corrected chi connectivity index (χ2v) is 3.82. The standard InChI is InChI=1S/C10H17NO2/c1-6(2)9-10(7(3)4)13-8(5-12)11-9/h6-7,12H,5H2,1-4H3. The highest BCUT2D eigenvalue weighted by atomic mass is 16.4. The van der Waals surface area contributed by atoms with Gasteiger partial charge in [0.15, 0.2) is 0 Å². The van der Waals surface area contributed by atoms with Crippen LogP contribution in [-0.4, -0.2) is 10.1 Å². The lowest BCUT2D eigenvalue weighted by Crippen LogP contribution is -1.95. The summed E-state index contributed by atoms with van der Waals surface area (Å²) >= 11 is 0. The molecule has 0 aliphatic heterocycles. The summed E-state index contributed by atoms with van der Waals surface area (Å²) in [4.78, 5) is 4.23. The SMILES string of the molecule is CC(C)c1nc(CO)oc1C(C)C. The molecule has 13 heavy (non-hydrogen) atoms. The monoisotopic (exact) mass is 183 g/mol. The minimum absolute atomic E-state index is 0.119. The van der Waals surface area contributed by atoms with Gasteiger partial charge in [0.1, 0.15) is 12.4 Å². The summed E-state index contributed by atoms with van der Waals surface area (Å²) in [6.45, 7) is 8.16. The van der Waals surface area contributed by atoms with Crippen molar-refractivity contribution in [3.05, 3.63) is 17.3 Å². The van der Waals surface area contributed by atoms with E-state index in [1.807, 2.05) is 0 Å². The number of hydrogen-bond donors (Lipinski definition) is 1. The number of hydrogen-bond acceptors (Lipinski definition) is 3. The highest BCUT2D eigenvalue weighted by Gasteiger charge is 2.17. The topological polar surface area (TPSA) is 46.3 Å². The molecule has 1 aromatic heterocycles. The van der Waals surface area contributed by atoms with E-state index in [-0.39, 0.29) is 6.61 Å². The van der Waals surface area contributed by atoms with Crippen molar-refractivity contribution in [3.8, 4) is 0 Å². The van der Waals surface area contributed by atoms with Gasteiger partial charge in [-0.25, -0.2) is 4.98 Å². The Balaban J connectivity index is 3.08. The van der Waals surface area contributed by atoms with E-state index < -0.39 is 0 Å². The molecule has 3 nitrogen and oxygen atoms in total. The fraction of sp³-hybridized carbons (Fsp3) is 0.700. The Bertz CT molecular complexity index is 251. The van der Waals surface area contributed by atoms with Crippen LogP contribution in [0.5, 0.6) is 0 Å². The lowest BCUT2D eigenvalue weighted by molar-refractivity contribution is 0.235. The van der Waals surface area contributed by atoms with Gasteiger partial charge in [-0.15, -0.1) is 0 Å². The van der Waals surface area contributed by atoms with Crippen LogP contribution in [0.1, 0.15) is 56.9 Å². The lowest BCUT2D eigenvalue weighted by atomic mass is 10.0. The Labute approximate surface area is 78.8 Å². The Morgan fingerprint density at radius 2 is 1.85 bits per heavy atom. The first-order valence-corrected chi connectivity index (χ1v) is 4.66. The molecule has 0 fully saturated rings. The average Bonchev–Trinajstić information content (AvgIpc) is 2.47. The average molecular weight is 183 g/mol. The smallest absolute Gasteiger partial charge is 0.220 e. The maximum atomic E-state index is 8.88. The molecule has 3 heteroatoms. The van der Waals surface area contributed by atoms with Crippen LogP contribution < -0.4 is 0 Å². The van der Waals surface area contributed by atoms with Crippen molar-refractivity contribution in [1.82, 2.24) is 4.98 Å². The molecular weight excluding hydrogens is 166 g/mol. The van der Waals surface area contributed by atoms with Gasteiger partial charge in [0.05, 0.1) is 5.69 Å². The van der Waals surface area contributed by atoms with E-state index in [4.69, 9.17) is 9.52 Å². The van der Waals surface area contributed by atoms with Gasteiger partial charge >= 0.3 is 0 Å². The van der Waals surface area contributed by atoms with Gasteiger partial charge < -0.3 is 9.52 Å². The van der Waals surface area contributed by atoms with E-state index in [9.17, 15) is 0 Å². The van der Waals surface area contributed by atoms with Crippen LogP contribution in [0.3, 0.4) is 0 Å². The first-order valence-electron chi connectivity index (χ1n) is 4.66. The summed E-state index contributed by atoms with van der Waals surface area (Å²) in [7, 11) is 0. The van der Waals surface area contributed by atoms with E-state index in [0.717, 1.165) is 11.5 Å². The highest BCUT2D eigenvalue weighted by Crippen LogP contribution is 2.26. The molecule has 0 spiro atoms. The van der Waals surface area contributed by atoms with Gasteiger partial charge in [-0.05, 0) is 5.92 Å². The molecule has 1 N–H and O–H groups in total. The molecule has 1 heterocycles. The third kappa shape index (κ3) is 2.10.